The Morgan fingerprint density at radius 1 is 0.773 bits per heavy atom. The van der Waals surface area contributed by atoms with Gasteiger partial charge in [-0.25, -0.2) is 4.79 Å². The van der Waals surface area contributed by atoms with Crippen LogP contribution in [0, 0.1) is 27.7 Å². The van der Waals surface area contributed by atoms with E-state index in [0.717, 1.165) is 93.3 Å². The van der Waals surface area contributed by atoms with Crippen molar-refractivity contribution in [3.8, 4) is 0 Å². The van der Waals surface area contributed by atoms with Gasteiger partial charge in [-0.15, -0.1) is 12.6 Å². The maximum absolute atomic E-state index is 11.6. The lowest BCUT2D eigenvalue weighted by molar-refractivity contribution is -0.137. The van der Waals surface area contributed by atoms with Crippen LogP contribution >= 0.6 is 25.3 Å². The summed E-state index contributed by atoms with van der Waals surface area (Å²) in [4.78, 5) is 38.2. The molecule has 8 bridgehead atoms. The van der Waals surface area contributed by atoms with Crippen LogP contribution in [0.1, 0.15) is 69.5 Å². The average Bonchev–Trinajstić information content (AvgIpc) is 3.61. The molecule has 0 fully saturated rings. The average molecular weight is 629 g/mol. The molecule has 5 heterocycles. The van der Waals surface area contributed by atoms with E-state index in [1.807, 2.05) is 39.0 Å². The molecular weight excluding hydrogens is 593 g/mol. The van der Waals surface area contributed by atoms with Crippen LogP contribution in [0.25, 0.3) is 41.4 Å². The number of hydrogen-bond donors (Lipinski definition) is 8. The minimum atomic E-state index is -1.05. The molecule has 0 unspecified atom stereocenters. The van der Waals surface area contributed by atoms with Crippen LogP contribution in [0.3, 0.4) is 0 Å². The van der Waals surface area contributed by atoms with E-state index in [0.29, 0.717) is 17.9 Å². The van der Waals surface area contributed by atoms with Gasteiger partial charge in [0.05, 0.1) is 0 Å². The van der Waals surface area contributed by atoms with Gasteiger partial charge in [-0.1, -0.05) is 6.08 Å². The summed E-state index contributed by atoms with van der Waals surface area (Å²) < 4.78 is 0. The zero-order chi connectivity index (χ0) is 31.9. The zero-order valence-electron chi connectivity index (χ0n) is 25.3. The molecule has 0 aliphatic carbocycles. The lowest BCUT2D eigenvalue weighted by atomic mass is 10.0. The van der Waals surface area contributed by atoms with E-state index in [1.165, 1.54) is 0 Å². The Morgan fingerprint density at radius 2 is 1.39 bits per heavy atom. The summed E-state index contributed by atoms with van der Waals surface area (Å²) in [5.74, 6) is -1.37. The van der Waals surface area contributed by atoms with Crippen LogP contribution in [0.2, 0.25) is 0 Å². The summed E-state index contributed by atoms with van der Waals surface area (Å²) >= 11 is 9.22. The van der Waals surface area contributed by atoms with E-state index in [1.54, 1.807) is 6.08 Å². The summed E-state index contributed by atoms with van der Waals surface area (Å²) in [6.45, 7) is 10.0. The molecule has 5 rings (SSSR count). The van der Waals surface area contributed by atoms with E-state index in [9.17, 15) is 19.8 Å². The van der Waals surface area contributed by atoms with Crippen LogP contribution in [-0.4, -0.2) is 47.8 Å². The normalized spacial score (nSPS) is 16.8. The van der Waals surface area contributed by atoms with E-state index >= 15 is 0 Å². The van der Waals surface area contributed by atoms with Crippen molar-refractivity contribution in [3.63, 3.8) is 0 Å². The third-order valence-electron chi connectivity index (χ3n) is 8.30. The number of aliphatic carboxylic acids is 2. The number of H-pyrrole nitrogens is 4. The lowest BCUT2D eigenvalue weighted by Gasteiger charge is -1.99. The number of carbonyl (C=O) groups is 2. The predicted octanol–water partition coefficient (Wildman–Crippen LogP) is 1.74. The molecule has 0 amide bonds. The van der Waals surface area contributed by atoms with Crippen molar-refractivity contribution in [2.24, 2.45) is 0 Å². The Bertz CT molecular complexity index is 2240. The number of thiol groups is 2. The van der Waals surface area contributed by atoms with E-state index in [4.69, 9.17) is 12.6 Å². The minimum Gasteiger partial charge on any atom is -0.481 e. The monoisotopic (exact) mass is 628 g/mol. The first-order valence-electron chi connectivity index (χ1n) is 14.3. The second-order valence-electron chi connectivity index (χ2n) is 11.1. The van der Waals surface area contributed by atoms with Gasteiger partial charge in [0.25, 0.3) is 0 Å². The first-order chi connectivity index (χ1) is 20.9. The summed E-state index contributed by atoms with van der Waals surface area (Å²) in [6.07, 6.45) is 13.2. The predicted molar refractivity (Wildman–Crippen MR) is 183 cm³/mol. The van der Waals surface area contributed by atoms with Crippen molar-refractivity contribution in [1.82, 2.24) is 19.9 Å². The van der Waals surface area contributed by atoms with Gasteiger partial charge in [-0.3, -0.25) is 4.79 Å². The maximum Gasteiger partial charge on any atom is 0.328 e. The smallest absolute Gasteiger partial charge is 0.328 e. The largest absolute Gasteiger partial charge is 0.481 e. The second kappa shape index (κ2) is 12.4. The molecule has 228 valence electrons. The van der Waals surface area contributed by atoms with Crippen molar-refractivity contribution in [2.45, 2.75) is 47.5 Å². The number of carboxylic acids is 2. The fraction of sp³-hybridized carbons (Fsp3) is 0.235. The van der Waals surface area contributed by atoms with Gasteiger partial charge in [0.15, 0.2) is 0 Å². The van der Waals surface area contributed by atoms with Gasteiger partial charge in [-0.2, -0.15) is 12.6 Å². The first-order valence-corrected chi connectivity index (χ1v) is 15.3. The molecule has 0 atom stereocenters. The Labute approximate surface area is 264 Å². The molecule has 10 heteroatoms. The number of aromatic amines is 4. The topological polar surface area (TPSA) is 138 Å². The fourth-order valence-electron chi connectivity index (χ4n) is 5.98. The number of nitrogens with one attached hydrogen (secondary N) is 4. The standard InChI is InChI=1S/C34H36N4O4S2/c1-16-21(6-8-32(39)40)29-15-30-22(7-9-33(41)42)17(2)25(36-30)13-28-23(10-11-43)18(3)26(37-28)14-31-34(20(5)44)19(4)27(38-31)12-24(16)35-29/h7,9-10,12-15,35-38,43-44H,6,8,11H2,1-5H3,(H,39,40)(H,41,42)/b9-7+,23-10+,24-12-,28-13-,29-15-,31-14-,34-20+. The Morgan fingerprint density at radius 3 is 2.05 bits per heavy atom. The van der Waals surface area contributed by atoms with Crippen LogP contribution in [0.5, 0.6) is 0 Å². The number of aromatic nitrogens is 4. The number of carboxylic acid groups (broad SMARTS) is 2. The number of hydrogen-bond acceptors (Lipinski definition) is 4. The lowest BCUT2D eigenvalue weighted by Crippen LogP contribution is -2.25. The highest BCUT2D eigenvalue weighted by Gasteiger charge is 2.15. The quantitative estimate of drug-likeness (QED) is 0.107. The molecule has 0 saturated carbocycles. The highest BCUT2D eigenvalue weighted by atomic mass is 32.1. The zero-order valence-corrected chi connectivity index (χ0v) is 27.1. The molecule has 4 aromatic heterocycles. The molecule has 1 aliphatic rings. The van der Waals surface area contributed by atoms with Crippen molar-refractivity contribution in [1.29, 1.82) is 0 Å². The van der Waals surface area contributed by atoms with E-state index in [-0.39, 0.29) is 6.42 Å². The van der Waals surface area contributed by atoms with Gasteiger partial charge < -0.3 is 30.1 Å². The third kappa shape index (κ3) is 5.92. The Balaban J connectivity index is 1.99. The fourth-order valence-corrected chi connectivity index (χ4v) is 6.45. The van der Waals surface area contributed by atoms with Crippen LogP contribution < -0.4 is 31.8 Å². The van der Waals surface area contributed by atoms with Crippen LogP contribution in [0.4, 0.5) is 0 Å². The van der Waals surface area contributed by atoms with E-state index in [2.05, 4.69) is 58.6 Å². The van der Waals surface area contributed by atoms with E-state index < -0.39 is 11.9 Å². The third-order valence-corrected chi connectivity index (χ3v) is 8.70. The molecular formula is C34H36N4O4S2. The van der Waals surface area contributed by atoms with Crippen LogP contribution in [-0.2, 0) is 16.0 Å². The summed E-state index contributed by atoms with van der Waals surface area (Å²) in [5.41, 5.74) is 8.93. The van der Waals surface area contributed by atoms with Crippen molar-refractivity contribution in [2.75, 3.05) is 5.75 Å². The molecule has 0 aromatic carbocycles. The SMILES string of the molecule is C/C(S)=c1/c(C)c2[nH]/c1=C\c1[nH]c(/c(=C/CS)c1C)=C\c1[nH]c(c(/C=C/C(=O)O)c1C)/C=c1\[nH]/c(c(C)c1CCC(=O)O)=C\2. The molecule has 0 radical (unpaired) electrons. The Hall–Kier alpha value is -4.28. The summed E-state index contributed by atoms with van der Waals surface area (Å²) in [6, 6.07) is 0. The summed E-state index contributed by atoms with van der Waals surface area (Å²) in [5, 5.41) is 24.4. The highest BCUT2D eigenvalue weighted by molar-refractivity contribution is 7.90. The van der Waals surface area contributed by atoms with Gasteiger partial charge in [0.1, 0.15) is 0 Å². The molecule has 44 heavy (non-hydrogen) atoms. The minimum absolute atomic E-state index is 0.0230. The summed E-state index contributed by atoms with van der Waals surface area (Å²) in [7, 11) is 0. The van der Waals surface area contributed by atoms with Gasteiger partial charge >= 0.3 is 11.9 Å². The van der Waals surface area contributed by atoms with Crippen LogP contribution in [0.15, 0.2) is 6.08 Å². The highest BCUT2D eigenvalue weighted by Crippen LogP contribution is 2.22. The molecule has 0 saturated heterocycles. The van der Waals surface area contributed by atoms with Gasteiger partial charge in [0.2, 0.25) is 0 Å². The molecule has 4 aromatic rings. The Kier molecular flexibility index (Phi) is 8.76. The molecule has 8 nitrogen and oxygen atoms in total. The first kappa shape index (κ1) is 31.2. The van der Waals surface area contributed by atoms with Crippen molar-refractivity contribution < 1.29 is 19.8 Å². The van der Waals surface area contributed by atoms with Gasteiger partial charge in [0, 0.05) is 73.2 Å². The van der Waals surface area contributed by atoms with Gasteiger partial charge in [-0.05, 0) is 109 Å². The molecule has 6 N–H and O–H groups in total. The number of fused-ring (bicyclic) bond motifs is 8. The molecule has 0 spiro atoms. The van der Waals surface area contributed by atoms with Crippen molar-refractivity contribution >= 4 is 78.6 Å². The number of rotatable bonds is 6. The van der Waals surface area contributed by atoms with Crippen molar-refractivity contribution in [3.05, 3.63) is 94.1 Å². The maximum atomic E-state index is 11.6. The molecule has 1 aliphatic heterocycles. The second-order valence-corrected chi connectivity index (χ2v) is 12.1.